The molecule has 1 aromatic carbocycles. The lowest BCUT2D eigenvalue weighted by atomic mass is 10.1. The summed E-state index contributed by atoms with van der Waals surface area (Å²) in [6, 6.07) is 7.99. The lowest BCUT2D eigenvalue weighted by Crippen LogP contribution is -2.13. The van der Waals surface area contributed by atoms with E-state index in [0.29, 0.717) is 22.6 Å². The van der Waals surface area contributed by atoms with E-state index in [2.05, 4.69) is 15.6 Å². The van der Waals surface area contributed by atoms with E-state index in [0.717, 1.165) is 6.54 Å². The van der Waals surface area contributed by atoms with Gasteiger partial charge in [-0.25, -0.2) is 9.37 Å². The molecule has 0 aliphatic heterocycles. The number of nitrogens with one attached hydrogen (secondary N) is 2. The van der Waals surface area contributed by atoms with Crippen LogP contribution < -0.4 is 10.6 Å². The third-order valence-corrected chi connectivity index (χ3v) is 2.90. The number of rotatable bonds is 4. The van der Waals surface area contributed by atoms with Crippen molar-refractivity contribution in [3.05, 3.63) is 53.5 Å². The van der Waals surface area contributed by atoms with Crippen molar-refractivity contribution in [3.63, 3.8) is 0 Å². The molecular formula is C15H16FN3O. The zero-order chi connectivity index (χ0) is 14.5. The van der Waals surface area contributed by atoms with E-state index in [4.69, 9.17) is 0 Å². The predicted molar refractivity (Wildman–Crippen MR) is 77.5 cm³/mol. The Balaban J connectivity index is 2.13. The number of pyridine rings is 1. The maximum absolute atomic E-state index is 13.4. The Bertz CT molecular complexity index is 611. The smallest absolute Gasteiger partial charge is 0.257 e. The standard InChI is InChI=1S/C15H16FN3O/c1-3-17-14-8-7-11(9-18-14)15(20)19-13-6-4-5-12(16)10(13)2/h4-9H,3H2,1-2H3,(H,17,18)(H,19,20). The van der Waals surface area contributed by atoms with Crippen LogP contribution in [0.4, 0.5) is 15.9 Å². The molecule has 0 spiro atoms. The van der Waals surface area contributed by atoms with Gasteiger partial charge in [-0.3, -0.25) is 4.79 Å². The number of nitrogens with zero attached hydrogens (tertiary/aromatic N) is 1. The lowest BCUT2D eigenvalue weighted by Gasteiger charge is -2.09. The lowest BCUT2D eigenvalue weighted by molar-refractivity contribution is 0.102. The molecule has 0 radical (unpaired) electrons. The molecule has 0 saturated heterocycles. The second-order valence-electron chi connectivity index (χ2n) is 4.33. The molecule has 0 fully saturated rings. The van der Waals surface area contributed by atoms with Crippen LogP contribution >= 0.6 is 0 Å². The van der Waals surface area contributed by atoms with E-state index < -0.39 is 0 Å². The molecule has 1 heterocycles. The van der Waals surface area contributed by atoms with Gasteiger partial charge in [-0.1, -0.05) is 6.07 Å². The van der Waals surface area contributed by atoms with Gasteiger partial charge in [-0.15, -0.1) is 0 Å². The minimum atomic E-state index is -0.344. The molecule has 4 nitrogen and oxygen atoms in total. The molecule has 20 heavy (non-hydrogen) atoms. The van der Waals surface area contributed by atoms with Crippen LogP contribution in [0.2, 0.25) is 0 Å². The second kappa shape index (κ2) is 6.14. The van der Waals surface area contributed by atoms with Gasteiger partial charge in [0.15, 0.2) is 0 Å². The zero-order valence-electron chi connectivity index (χ0n) is 11.4. The molecule has 0 bridgehead atoms. The number of aromatic nitrogens is 1. The van der Waals surface area contributed by atoms with Crippen LogP contribution in [-0.4, -0.2) is 17.4 Å². The molecule has 0 aliphatic rings. The average Bonchev–Trinajstić information content (AvgIpc) is 2.45. The monoisotopic (exact) mass is 273 g/mol. The second-order valence-corrected chi connectivity index (χ2v) is 4.33. The highest BCUT2D eigenvalue weighted by Crippen LogP contribution is 2.18. The Labute approximate surface area is 117 Å². The van der Waals surface area contributed by atoms with Gasteiger partial charge in [0.1, 0.15) is 11.6 Å². The van der Waals surface area contributed by atoms with Crippen molar-refractivity contribution in [3.8, 4) is 0 Å². The van der Waals surface area contributed by atoms with Crippen LogP contribution in [0.1, 0.15) is 22.8 Å². The minimum Gasteiger partial charge on any atom is -0.370 e. The summed E-state index contributed by atoms with van der Waals surface area (Å²) < 4.78 is 13.4. The van der Waals surface area contributed by atoms with Crippen LogP contribution in [0.5, 0.6) is 0 Å². The molecular weight excluding hydrogens is 257 g/mol. The van der Waals surface area contributed by atoms with Gasteiger partial charge in [-0.2, -0.15) is 0 Å². The van der Waals surface area contributed by atoms with Gasteiger partial charge in [-0.05, 0) is 38.1 Å². The highest BCUT2D eigenvalue weighted by atomic mass is 19.1. The van der Waals surface area contributed by atoms with Crippen molar-refractivity contribution in [1.29, 1.82) is 0 Å². The Morgan fingerprint density at radius 2 is 2.10 bits per heavy atom. The highest BCUT2D eigenvalue weighted by molar-refractivity contribution is 6.04. The van der Waals surface area contributed by atoms with Crippen molar-refractivity contribution < 1.29 is 9.18 Å². The number of amides is 1. The summed E-state index contributed by atoms with van der Waals surface area (Å²) >= 11 is 0. The molecule has 0 atom stereocenters. The summed E-state index contributed by atoms with van der Waals surface area (Å²) in [5, 5.41) is 5.73. The number of halogens is 1. The summed E-state index contributed by atoms with van der Waals surface area (Å²) in [5.41, 5.74) is 1.30. The number of hydrogen-bond donors (Lipinski definition) is 2. The van der Waals surface area contributed by atoms with Crippen molar-refractivity contribution >= 4 is 17.4 Å². The number of benzene rings is 1. The quantitative estimate of drug-likeness (QED) is 0.899. The van der Waals surface area contributed by atoms with E-state index >= 15 is 0 Å². The number of carbonyl (C=O) groups excluding carboxylic acids is 1. The third-order valence-electron chi connectivity index (χ3n) is 2.90. The van der Waals surface area contributed by atoms with Crippen molar-refractivity contribution in [2.24, 2.45) is 0 Å². The molecule has 2 aromatic rings. The Hall–Kier alpha value is -2.43. The first-order valence-corrected chi connectivity index (χ1v) is 6.38. The molecule has 0 saturated carbocycles. The molecule has 1 amide bonds. The van der Waals surface area contributed by atoms with E-state index in [9.17, 15) is 9.18 Å². The van der Waals surface area contributed by atoms with Gasteiger partial charge < -0.3 is 10.6 Å². The fourth-order valence-electron chi connectivity index (χ4n) is 1.75. The van der Waals surface area contributed by atoms with Crippen molar-refractivity contribution in [2.75, 3.05) is 17.2 Å². The highest BCUT2D eigenvalue weighted by Gasteiger charge is 2.10. The predicted octanol–water partition coefficient (Wildman–Crippen LogP) is 3.21. The maximum atomic E-state index is 13.4. The van der Waals surface area contributed by atoms with E-state index in [-0.39, 0.29) is 11.7 Å². The van der Waals surface area contributed by atoms with Gasteiger partial charge in [0.2, 0.25) is 0 Å². The Morgan fingerprint density at radius 1 is 1.30 bits per heavy atom. The number of hydrogen-bond acceptors (Lipinski definition) is 3. The van der Waals surface area contributed by atoms with Crippen LogP contribution in [0, 0.1) is 12.7 Å². The van der Waals surface area contributed by atoms with Crippen LogP contribution in [0.15, 0.2) is 36.5 Å². The summed E-state index contributed by atoms with van der Waals surface area (Å²) in [4.78, 5) is 16.2. The first-order chi connectivity index (χ1) is 9.61. The molecule has 0 unspecified atom stereocenters. The molecule has 2 N–H and O–H groups in total. The SMILES string of the molecule is CCNc1ccc(C(=O)Nc2cccc(F)c2C)cn1. The van der Waals surface area contributed by atoms with Gasteiger partial charge >= 0.3 is 0 Å². The van der Waals surface area contributed by atoms with E-state index in [1.54, 1.807) is 31.2 Å². The summed E-state index contributed by atoms with van der Waals surface area (Å²) in [7, 11) is 0. The maximum Gasteiger partial charge on any atom is 0.257 e. The van der Waals surface area contributed by atoms with Crippen LogP contribution in [-0.2, 0) is 0 Å². The zero-order valence-corrected chi connectivity index (χ0v) is 11.4. The summed E-state index contributed by atoms with van der Waals surface area (Å²) in [6.45, 7) is 4.35. The summed E-state index contributed by atoms with van der Waals surface area (Å²) in [6.07, 6.45) is 1.49. The average molecular weight is 273 g/mol. The van der Waals surface area contributed by atoms with Crippen molar-refractivity contribution in [2.45, 2.75) is 13.8 Å². The van der Waals surface area contributed by atoms with E-state index in [1.807, 2.05) is 6.92 Å². The van der Waals surface area contributed by atoms with Crippen LogP contribution in [0.3, 0.4) is 0 Å². The van der Waals surface area contributed by atoms with Crippen molar-refractivity contribution in [1.82, 2.24) is 4.98 Å². The minimum absolute atomic E-state index is 0.311. The molecule has 0 aliphatic carbocycles. The molecule has 104 valence electrons. The third kappa shape index (κ3) is 3.12. The first kappa shape index (κ1) is 14.0. The molecule has 5 heteroatoms. The summed E-state index contributed by atoms with van der Waals surface area (Å²) in [5.74, 6) is 0.0589. The topological polar surface area (TPSA) is 54.0 Å². The molecule has 1 aromatic heterocycles. The first-order valence-electron chi connectivity index (χ1n) is 6.38. The van der Waals surface area contributed by atoms with Gasteiger partial charge in [0.05, 0.1) is 5.56 Å². The fourth-order valence-corrected chi connectivity index (χ4v) is 1.75. The van der Waals surface area contributed by atoms with Gasteiger partial charge in [0, 0.05) is 24.0 Å². The van der Waals surface area contributed by atoms with E-state index in [1.165, 1.54) is 12.3 Å². The Kier molecular flexibility index (Phi) is 4.30. The fraction of sp³-hybridized carbons (Fsp3) is 0.200. The van der Waals surface area contributed by atoms with Crippen LogP contribution in [0.25, 0.3) is 0 Å². The normalized spacial score (nSPS) is 10.2. The number of carbonyl (C=O) groups is 1. The number of anilines is 2. The Morgan fingerprint density at radius 3 is 2.75 bits per heavy atom. The molecule has 2 rings (SSSR count). The van der Waals surface area contributed by atoms with Gasteiger partial charge in [0.25, 0.3) is 5.91 Å². The largest absolute Gasteiger partial charge is 0.370 e.